The highest BCUT2D eigenvalue weighted by atomic mass is 16.5. The third-order valence-corrected chi connectivity index (χ3v) is 4.89. The maximum atomic E-state index is 5.51. The Balaban J connectivity index is 1.99. The minimum atomic E-state index is 0.0146. The third kappa shape index (κ3) is 1.54. The van der Waals surface area contributed by atoms with Crippen molar-refractivity contribution in [2.75, 3.05) is 14.2 Å². The van der Waals surface area contributed by atoms with Gasteiger partial charge in [0.25, 0.3) is 0 Å². The van der Waals surface area contributed by atoms with Crippen LogP contribution in [0, 0.1) is 0 Å². The topological polar surface area (TPSA) is 23.4 Å². The molecule has 1 aliphatic heterocycles. The summed E-state index contributed by atoms with van der Waals surface area (Å²) in [6.07, 6.45) is 7.72. The first kappa shape index (κ1) is 12.6. The molecule has 0 saturated carbocycles. The van der Waals surface area contributed by atoms with E-state index in [4.69, 9.17) is 9.47 Å². The third-order valence-electron chi connectivity index (χ3n) is 4.89. The standard InChI is InChI=1S/C18H19NO2/c1-18-7-4-5-12-6-8-19(17(12)18)11-13-9-15(20-2)16(21-3)10-14(13)18/h4-6,8-10H,7,11H2,1-3H3/t18-/m1/s1. The molecule has 1 aromatic heterocycles. The summed E-state index contributed by atoms with van der Waals surface area (Å²) in [5, 5.41) is 0. The number of hydrogen-bond acceptors (Lipinski definition) is 2. The van der Waals surface area contributed by atoms with Gasteiger partial charge in [0, 0.05) is 23.9 Å². The van der Waals surface area contributed by atoms with Crippen LogP contribution >= 0.6 is 0 Å². The van der Waals surface area contributed by atoms with E-state index in [9.17, 15) is 0 Å². The van der Waals surface area contributed by atoms with Crippen molar-refractivity contribution >= 4 is 6.08 Å². The Morgan fingerprint density at radius 2 is 1.90 bits per heavy atom. The zero-order chi connectivity index (χ0) is 14.6. The van der Waals surface area contributed by atoms with Gasteiger partial charge in [-0.25, -0.2) is 0 Å². The zero-order valence-electron chi connectivity index (χ0n) is 12.6. The molecule has 21 heavy (non-hydrogen) atoms. The first-order valence-corrected chi connectivity index (χ1v) is 7.29. The largest absolute Gasteiger partial charge is 0.493 e. The molecule has 1 aliphatic carbocycles. The number of nitrogens with zero attached hydrogens (tertiary/aromatic N) is 1. The first-order chi connectivity index (χ1) is 10.2. The summed E-state index contributed by atoms with van der Waals surface area (Å²) < 4.78 is 13.3. The van der Waals surface area contributed by atoms with Crippen LogP contribution < -0.4 is 9.47 Å². The van der Waals surface area contributed by atoms with Gasteiger partial charge in [-0.1, -0.05) is 12.2 Å². The molecule has 0 bridgehead atoms. The number of fused-ring (bicyclic) bond motifs is 2. The van der Waals surface area contributed by atoms with Gasteiger partial charge < -0.3 is 14.0 Å². The Hall–Kier alpha value is -2.16. The minimum absolute atomic E-state index is 0.0146. The monoisotopic (exact) mass is 281 g/mol. The number of hydrogen-bond donors (Lipinski definition) is 0. The highest BCUT2D eigenvalue weighted by molar-refractivity contribution is 5.64. The summed E-state index contributed by atoms with van der Waals surface area (Å²) in [7, 11) is 3.39. The van der Waals surface area contributed by atoms with Crippen LogP contribution in [0.5, 0.6) is 11.5 Å². The summed E-state index contributed by atoms with van der Waals surface area (Å²) >= 11 is 0. The van der Waals surface area contributed by atoms with Gasteiger partial charge in [0.2, 0.25) is 0 Å². The van der Waals surface area contributed by atoms with Crippen molar-refractivity contribution < 1.29 is 9.47 Å². The molecule has 0 amide bonds. The van der Waals surface area contributed by atoms with Crippen molar-refractivity contribution in [3.63, 3.8) is 0 Å². The van der Waals surface area contributed by atoms with E-state index in [0.717, 1.165) is 24.5 Å². The lowest BCUT2D eigenvalue weighted by molar-refractivity contribution is 0.351. The second kappa shape index (κ2) is 4.17. The fraction of sp³-hybridized carbons (Fsp3) is 0.333. The number of rotatable bonds is 2. The minimum Gasteiger partial charge on any atom is -0.493 e. The summed E-state index contributed by atoms with van der Waals surface area (Å²) in [6, 6.07) is 6.50. The van der Waals surface area contributed by atoms with Crippen LogP contribution in [0.3, 0.4) is 0 Å². The van der Waals surface area contributed by atoms with Crippen LogP contribution in [0.4, 0.5) is 0 Å². The highest BCUT2D eigenvalue weighted by Gasteiger charge is 2.40. The van der Waals surface area contributed by atoms with Gasteiger partial charge in [-0.3, -0.25) is 0 Å². The van der Waals surface area contributed by atoms with Crippen LogP contribution in [0.2, 0.25) is 0 Å². The summed E-state index contributed by atoms with van der Waals surface area (Å²) in [6.45, 7) is 3.23. The van der Waals surface area contributed by atoms with Crippen LogP contribution in [0.25, 0.3) is 6.08 Å². The van der Waals surface area contributed by atoms with Crippen LogP contribution in [0.15, 0.2) is 30.5 Å². The van der Waals surface area contributed by atoms with E-state index >= 15 is 0 Å². The number of allylic oxidation sites excluding steroid dienone is 1. The molecule has 2 heterocycles. The summed E-state index contributed by atoms with van der Waals surface area (Å²) in [4.78, 5) is 0. The highest BCUT2D eigenvalue weighted by Crippen LogP contribution is 2.48. The van der Waals surface area contributed by atoms with E-state index in [-0.39, 0.29) is 5.41 Å². The molecule has 0 spiro atoms. The number of methoxy groups -OCH3 is 2. The average Bonchev–Trinajstić information content (AvgIpc) is 2.91. The van der Waals surface area contributed by atoms with Gasteiger partial charge >= 0.3 is 0 Å². The molecule has 0 saturated heterocycles. The summed E-state index contributed by atoms with van der Waals surface area (Å²) in [5.41, 5.74) is 5.45. The van der Waals surface area contributed by atoms with Gasteiger partial charge in [0.05, 0.1) is 14.2 Å². The van der Waals surface area contributed by atoms with Crippen LogP contribution in [-0.4, -0.2) is 18.8 Å². The molecular formula is C18H19NO2. The normalized spacial score (nSPS) is 21.7. The van der Waals surface area contributed by atoms with Gasteiger partial charge in [-0.05, 0) is 48.2 Å². The Kier molecular flexibility index (Phi) is 2.49. The number of ether oxygens (including phenoxy) is 2. The molecule has 1 aromatic carbocycles. The maximum Gasteiger partial charge on any atom is 0.161 e. The quantitative estimate of drug-likeness (QED) is 0.839. The van der Waals surface area contributed by atoms with E-state index in [1.165, 1.54) is 22.4 Å². The molecular weight excluding hydrogens is 262 g/mol. The molecule has 0 radical (unpaired) electrons. The second-order valence-electron chi connectivity index (χ2n) is 6.05. The lowest BCUT2D eigenvalue weighted by Crippen LogP contribution is -2.34. The molecule has 3 heteroatoms. The number of benzene rings is 1. The van der Waals surface area contributed by atoms with Gasteiger partial charge in [-0.2, -0.15) is 0 Å². The molecule has 0 fully saturated rings. The van der Waals surface area contributed by atoms with Gasteiger partial charge in [-0.15, -0.1) is 0 Å². The van der Waals surface area contributed by atoms with Crippen molar-refractivity contribution in [3.8, 4) is 11.5 Å². The van der Waals surface area contributed by atoms with Crippen molar-refractivity contribution in [2.45, 2.75) is 25.3 Å². The van der Waals surface area contributed by atoms with Crippen LogP contribution in [-0.2, 0) is 12.0 Å². The predicted molar refractivity (Wildman–Crippen MR) is 83.2 cm³/mol. The Bertz CT molecular complexity index is 757. The van der Waals surface area contributed by atoms with E-state index in [0.29, 0.717) is 0 Å². The first-order valence-electron chi connectivity index (χ1n) is 7.29. The number of aromatic nitrogens is 1. The zero-order valence-corrected chi connectivity index (χ0v) is 12.6. The Morgan fingerprint density at radius 3 is 2.67 bits per heavy atom. The lowest BCUT2D eigenvalue weighted by Gasteiger charge is -2.39. The van der Waals surface area contributed by atoms with Crippen LogP contribution in [0.1, 0.15) is 35.7 Å². The summed E-state index contributed by atoms with van der Waals surface area (Å²) in [5.74, 6) is 1.62. The molecule has 3 nitrogen and oxygen atoms in total. The van der Waals surface area contributed by atoms with Crippen molar-refractivity contribution in [1.29, 1.82) is 0 Å². The van der Waals surface area contributed by atoms with Gasteiger partial charge in [0.15, 0.2) is 11.5 Å². The molecule has 1 atom stereocenters. The molecule has 4 rings (SSSR count). The average molecular weight is 281 g/mol. The van der Waals surface area contributed by atoms with Crippen molar-refractivity contribution in [3.05, 3.63) is 52.9 Å². The van der Waals surface area contributed by atoms with Crippen molar-refractivity contribution in [1.82, 2.24) is 4.57 Å². The van der Waals surface area contributed by atoms with E-state index < -0.39 is 0 Å². The molecule has 108 valence electrons. The fourth-order valence-electron chi connectivity index (χ4n) is 3.90. The fourth-order valence-corrected chi connectivity index (χ4v) is 3.90. The second-order valence-corrected chi connectivity index (χ2v) is 6.05. The molecule has 0 N–H and O–H groups in total. The molecule has 2 aromatic rings. The molecule has 0 unspecified atom stereocenters. The predicted octanol–water partition coefficient (Wildman–Crippen LogP) is 3.59. The lowest BCUT2D eigenvalue weighted by atomic mass is 9.69. The Morgan fingerprint density at radius 1 is 1.14 bits per heavy atom. The van der Waals surface area contributed by atoms with Gasteiger partial charge in [0.1, 0.15) is 0 Å². The van der Waals surface area contributed by atoms with E-state index in [1.807, 2.05) is 0 Å². The smallest absolute Gasteiger partial charge is 0.161 e. The van der Waals surface area contributed by atoms with E-state index in [1.54, 1.807) is 14.2 Å². The Labute approximate surface area is 124 Å². The van der Waals surface area contributed by atoms with E-state index in [2.05, 4.69) is 48.0 Å². The molecule has 2 aliphatic rings. The van der Waals surface area contributed by atoms with Crippen molar-refractivity contribution in [2.24, 2.45) is 0 Å². The SMILES string of the molecule is COc1cc2c(cc1OC)[C@@]1(C)CC=Cc3ccn(c31)C2. The maximum absolute atomic E-state index is 5.51.